The van der Waals surface area contributed by atoms with Gasteiger partial charge in [-0.15, -0.1) is 0 Å². The highest BCUT2D eigenvalue weighted by Gasteiger charge is 2.23. The van der Waals surface area contributed by atoms with Crippen molar-refractivity contribution in [3.8, 4) is 11.5 Å². The maximum absolute atomic E-state index is 12.4. The lowest BCUT2D eigenvalue weighted by Crippen LogP contribution is -2.08. The molecule has 0 aromatic heterocycles. The number of ether oxygens (including phenoxy) is 2. The lowest BCUT2D eigenvalue weighted by Gasteiger charge is -2.17. The average Bonchev–Trinajstić information content (AvgIpc) is 2.75. The molecule has 0 fully saturated rings. The smallest absolute Gasteiger partial charge is 0.334 e. The summed E-state index contributed by atoms with van der Waals surface area (Å²) in [6, 6.07) is 14.7. The number of rotatable bonds is 14. The van der Waals surface area contributed by atoms with E-state index < -0.39 is 7.60 Å². The predicted molar refractivity (Wildman–Crippen MR) is 119 cm³/mol. The molecule has 0 saturated heterocycles. The third kappa shape index (κ3) is 8.66. The number of unbranched alkanes of at least 4 members (excludes halogenated alkanes) is 1. The Hall–Kier alpha value is -2.21. The Bertz CT molecular complexity index is 799. The fourth-order valence-electron chi connectivity index (χ4n) is 2.50. The van der Waals surface area contributed by atoms with Gasteiger partial charge in [0.1, 0.15) is 11.5 Å². The molecule has 2 aromatic carbocycles. The lowest BCUT2D eigenvalue weighted by atomic mass is 10.3. The molecule has 0 unspecified atom stereocenters. The third-order valence-corrected chi connectivity index (χ3v) is 6.04. The van der Waals surface area contributed by atoms with E-state index in [2.05, 4.69) is 17.2 Å². The first-order valence-electron chi connectivity index (χ1n) is 10.3. The molecule has 0 aliphatic rings. The van der Waals surface area contributed by atoms with Gasteiger partial charge in [0.25, 0.3) is 0 Å². The van der Waals surface area contributed by atoms with Crippen molar-refractivity contribution in [3.63, 3.8) is 0 Å². The number of azo groups is 1. The third-order valence-electron chi connectivity index (χ3n) is 4.01. The van der Waals surface area contributed by atoms with Crippen molar-refractivity contribution in [2.75, 3.05) is 32.6 Å². The van der Waals surface area contributed by atoms with Crippen LogP contribution in [0, 0.1) is 0 Å². The number of hydrogen-bond acceptors (Lipinski definition) is 7. The van der Waals surface area contributed by atoms with Crippen LogP contribution < -0.4 is 9.47 Å². The Labute approximate surface area is 179 Å². The molecule has 0 heterocycles. The largest absolute Gasteiger partial charge is 0.494 e. The molecule has 30 heavy (non-hydrogen) atoms. The Morgan fingerprint density at radius 2 is 1.20 bits per heavy atom. The van der Waals surface area contributed by atoms with Crippen molar-refractivity contribution in [1.29, 1.82) is 0 Å². The Kier molecular flexibility index (Phi) is 10.6. The zero-order valence-electron chi connectivity index (χ0n) is 18.0. The Balaban J connectivity index is 1.83. The van der Waals surface area contributed by atoms with Gasteiger partial charge in [0.05, 0.1) is 44.0 Å². The van der Waals surface area contributed by atoms with Gasteiger partial charge in [0.15, 0.2) is 0 Å². The van der Waals surface area contributed by atoms with E-state index in [-0.39, 0.29) is 12.8 Å². The SMILES string of the molecule is CCCCOc1ccc(N=Nc2ccc(OCCP(=O)(OCC)OCC)cc2)cc1. The highest BCUT2D eigenvalue weighted by atomic mass is 31.2. The van der Waals surface area contributed by atoms with E-state index >= 15 is 0 Å². The van der Waals surface area contributed by atoms with Crippen LogP contribution in [-0.4, -0.2) is 32.6 Å². The van der Waals surface area contributed by atoms with E-state index in [9.17, 15) is 4.57 Å². The molecule has 0 saturated carbocycles. The summed E-state index contributed by atoms with van der Waals surface area (Å²) >= 11 is 0. The van der Waals surface area contributed by atoms with E-state index in [1.54, 1.807) is 26.0 Å². The summed E-state index contributed by atoms with van der Waals surface area (Å²) in [6.07, 6.45) is 2.35. The Morgan fingerprint density at radius 1 is 0.733 bits per heavy atom. The van der Waals surface area contributed by atoms with E-state index in [0.717, 1.165) is 30.9 Å². The monoisotopic (exact) mass is 434 g/mol. The number of benzene rings is 2. The summed E-state index contributed by atoms with van der Waals surface area (Å²) in [7, 11) is -3.09. The van der Waals surface area contributed by atoms with E-state index in [0.29, 0.717) is 24.7 Å². The van der Waals surface area contributed by atoms with Crippen molar-refractivity contribution in [3.05, 3.63) is 48.5 Å². The molecular formula is C22H31N2O5P. The minimum atomic E-state index is -3.09. The first-order chi connectivity index (χ1) is 14.6. The van der Waals surface area contributed by atoms with Gasteiger partial charge in [-0.25, -0.2) is 0 Å². The second-order valence-corrected chi connectivity index (χ2v) is 8.59. The molecule has 7 nitrogen and oxygen atoms in total. The molecule has 0 aliphatic carbocycles. The lowest BCUT2D eigenvalue weighted by molar-refractivity contribution is 0.213. The van der Waals surface area contributed by atoms with Crippen molar-refractivity contribution in [2.24, 2.45) is 10.2 Å². The highest BCUT2D eigenvalue weighted by molar-refractivity contribution is 7.53. The zero-order valence-corrected chi connectivity index (χ0v) is 18.8. The highest BCUT2D eigenvalue weighted by Crippen LogP contribution is 2.47. The number of nitrogens with zero attached hydrogens (tertiary/aromatic N) is 2. The molecule has 0 amide bonds. The standard InChI is InChI=1S/C22H31N2O5P/c1-4-7-16-26-21-12-8-19(9-13-21)23-24-20-10-14-22(15-11-20)27-17-18-30(25,28-5-2)29-6-3/h8-15H,4-7,16-18H2,1-3H3. The minimum absolute atomic E-state index is 0.203. The summed E-state index contributed by atoms with van der Waals surface area (Å²) in [4.78, 5) is 0. The first kappa shape index (κ1) is 24.1. The van der Waals surface area contributed by atoms with E-state index in [1.807, 2.05) is 36.4 Å². The summed E-state index contributed by atoms with van der Waals surface area (Å²) in [6.45, 7) is 7.35. The van der Waals surface area contributed by atoms with Crippen LogP contribution in [0.5, 0.6) is 11.5 Å². The van der Waals surface area contributed by atoms with Gasteiger partial charge in [-0.2, -0.15) is 10.2 Å². The average molecular weight is 434 g/mol. The van der Waals surface area contributed by atoms with E-state index in [4.69, 9.17) is 18.5 Å². The molecule has 0 radical (unpaired) electrons. The first-order valence-corrected chi connectivity index (χ1v) is 12.1. The molecule has 2 aromatic rings. The predicted octanol–water partition coefficient (Wildman–Crippen LogP) is 6.93. The van der Waals surface area contributed by atoms with Gasteiger partial charge < -0.3 is 18.5 Å². The van der Waals surface area contributed by atoms with E-state index in [1.165, 1.54) is 0 Å². The fourth-order valence-corrected chi connectivity index (χ4v) is 3.94. The number of hydrogen-bond donors (Lipinski definition) is 0. The van der Waals surface area contributed by atoms with Gasteiger partial charge in [0, 0.05) is 0 Å². The van der Waals surface area contributed by atoms with Gasteiger partial charge in [-0.05, 0) is 68.8 Å². The van der Waals surface area contributed by atoms with Crippen LogP contribution in [0.2, 0.25) is 0 Å². The molecule has 0 atom stereocenters. The van der Waals surface area contributed by atoms with Crippen LogP contribution in [0.4, 0.5) is 11.4 Å². The van der Waals surface area contributed by atoms with Crippen LogP contribution in [0.1, 0.15) is 33.6 Å². The topological polar surface area (TPSA) is 78.7 Å². The van der Waals surface area contributed by atoms with Crippen molar-refractivity contribution < 1.29 is 23.1 Å². The summed E-state index contributed by atoms with van der Waals surface area (Å²) in [5.41, 5.74) is 1.46. The van der Waals surface area contributed by atoms with Crippen LogP contribution in [0.15, 0.2) is 58.8 Å². The van der Waals surface area contributed by atoms with Crippen molar-refractivity contribution >= 4 is 19.0 Å². The van der Waals surface area contributed by atoms with Crippen molar-refractivity contribution in [2.45, 2.75) is 33.6 Å². The van der Waals surface area contributed by atoms with Crippen LogP contribution >= 0.6 is 7.60 Å². The fraction of sp³-hybridized carbons (Fsp3) is 0.455. The molecule has 0 bridgehead atoms. The second kappa shape index (κ2) is 13.2. The maximum atomic E-state index is 12.4. The molecule has 0 spiro atoms. The second-order valence-electron chi connectivity index (χ2n) is 6.41. The van der Waals surface area contributed by atoms with Crippen molar-refractivity contribution in [1.82, 2.24) is 0 Å². The summed E-state index contributed by atoms with van der Waals surface area (Å²) in [5.74, 6) is 1.49. The molecule has 8 heteroatoms. The molecule has 0 N–H and O–H groups in total. The van der Waals surface area contributed by atoms with Crippen LogP contribution in [-0.2, 0) is 13.6 Å². The Morgan fingerprint density at radius 3 is 1.63 bits per heavy atom. The van der Waals surface area contributed by atoms with Gasteiger partial charge >= 0.3 is 7.60 Å². The van der Waals surface area contributed by atoms with Gasteiger partial charge in [-0.3, -0.25) is 4.57 Å². The minimum Gasteiger partial charge on any atom is -0.494 e. The summed E-state index contributed by atoms with van der Waals surface area (Å²) in [5, 5.41) is 8.47. The molecule has 164 valence electrons. The molecular weight excluding hydrogens is 403 g/mol. The molecule has 0 aliphatic heterocycles. The quantitative estimate of drug-likeness (QED) is 0.183. The van der Waals surface area contributed by atoms with Crippen LogP contribution in [0.25, 0.3) is 0 Å². The zero-order chi connectivity index (χ0) is 21.7. The normalized spacial score (nSPS) is 11.7. The summed E-state index contributed by atoms with van der Waals surface area (Å²) < 4.78 is 34.2. The van der Waals surface area contributed by atoms with Gasteiger partial charge in [-0.1, -0.05) is 13.3 Å². The maximum Gasteiger partial charge on any atom is 0.334 e. The molecule has 2 rings (SSSR count). The van der Waals surface area contributed by atoms with Gasteiger partial charge in [0.2, 0.25) is 0 Å². The van der Waals surface area contributed by atoms with Crippen LogP contribution in [0.3, 0.4) is 0 Å².